The van der Waals surface area contributed by atoms with Gasteiger partial charge in [-0.25, -0.2) is 0 Å². The van der Waals surface area contributed by atoms with Crippen molar-refractivity contribution in [3.8, 4) is 11.5 Å². The maximum atomic E-state index is 10.4. The number of para-hydroxylation sites is 2. The molecule has 1 heterocycles. The molecule has 0 saturated carbocycles. The number of phenolic OH excluding ortho intramolecular Hbond substituents is 2. The first-order valence-corrected chi connectivity index (χ1v) is 10.5. The van der Waals surface area contributed by atoms with Crippen LogP contribution in [0, 0.1) is 0 Å². The summed E-state index contributed by atoms with van der Waals surface area (Å²) in [5.74, 6) is 1.56. The fourth-order valence-electron chi connectivity index (χ4n) is 4.48. The minimum absolute atomic E-state index is 0. The maximum Gasteiger partial charge on any atom is 0.194 e. The van der Waals surface area contributed by atoms with Gasteiger partial charge >= 0.3 is 0 Å². The zero-order chi connectivity index (χ0) is 20.2. The smallest absolute Gasteiger partial charge is 0.194 e. The molecule has 0 bridgehead atoms. The number of nitrogens with one attached hydrogen (secondary N) is 1. The first-order chi connectivity index (χ1) is 14.2. The van der Waals surface area contributed by atoms with Gasteiger partial charge in [0.15, 0.2) is 5.96 Å². The van der Waals surface area contributed by atoms with Crippen LogP contribution in [0.3, 0.4) is 0 Å². The van der Waals surface area contributed by atoms with Gasteiger partial charge < -0.3 is 25.3 Å². The third kappa shape index (κ3) is 4.77. The number of benzene rings is 2. The first-order valence-electron chi connectivity index (χ1n) is 10.5. The summed E-state index contributed by atoms with van der Waals surface area (Å²) < 4.78 is 0. The zero-order valence-corrected chi connectivity index (χ0v) is 19.8. The van der Waals surface area contributed by atoms with Crippen LogP contribution in [0.5, 0.6) is 11.5 Å². The van der Waals surface area contributed by atoms with E-state index < -0.39 is 0 Å². The second kappa shape index (κ2) is 10.2. The number of guanidine groups is 1. The van der Waals surface area contributed by atoms with E-state index in [9.17, 15) is 10.2 Å². The molecule has 30 heavy (non-hydrogen) atoms. The van der Waals surface area contributed by atoms with Crippen molar-refractivity contribution >= 4 is 35.6 Å². The summed E-state index contributed by atoms with van der Waals surface area (Å²) in [7, 11) is 1.80. The summed E-state index contributed by atoms with van der Waals surface area (Å²) in [6.07, 6.45) is 4.56. The van der Waals surface area contributed by atoms with Crippen LogP contribution in [0.15, 0.2) is 41.4 Å². The highest BCUT2D eigenvalue weighted by atomic mass is 127. The number of aromatic hydroxyl groups is 2. The Bertz CT molecular complexity index is 895. The Morgan fingerprint density at radius 3 is 2.43 bits per heavy atom. The van der Waals surface area contributed by atoms with Gasteiger partial charge in [-0.05, 0) is 55.0 Å². The standard InChI is InChI=1S/C23H30N4O2.HI/c1-24-23(25-16-19-18-7-3-2-6-17(18)10-11-21(19)28)27-14-12-26(13-15-27)20-8-4-5-9-22(20)29;/h4-5,8-11,28-29H,2-3,6-7,12-16H2,1H3,(H,24,25);1H. The number of rotatable bonds is 3. The van der Waals surface area contributed by atoms with E-state index in [0.29, 0.717) is 18.0 Å². The molecule has 7 heteroatoms. The van der Waals surface area contributed by atoms with Crippen LogP contribution in [0.2, 0.25) is 0 Å². The van der Waals surface area contributed by atoms with Crippen LogP contribution in [-0.2, 0) is 19.4 Å². The number of fused-ring (bicyclic) bond motifs is 1. The van der Waals surface area contributed by atoms with Crippen molar-refractivity contribution in [3.63, 3.8) is 0 Å². The van der Waals surface area contributed by atoms with Crippen LogP contribution >= 0.6 is 24.0 Å². The van der Waals surface area contributed by atoms with Crippen LogP contribution in [-0.4, -0.2) is 54.3 Å². The molecule has 0 atom stereocenters. The van der Waals surface area contributed by atoms with E-state index in [-0.39, 0.29) is 24.0 Å². The van der Waals surface area contributed by atoms with Gasteiger partial charge in [-0.1, -0.05) is 18.2 Å². The molecular formula is C23H31IN4O2. The van der Waals surface area contributed by atoms with E-state index in [4.69, 9.17) is 0 Å². The number of phenols is 2. The minimum Gasteiger partial charge on any atom is -0.508 e. The number of aryl methyl sites for hydroxylation is 1. The number of piperazine rings is 1. The molecule has 1 aliphatic heterocycles. The van der Waals surface area contributed by atoms with E-state index in [0.717, 1.165) is 56.2 Å². The molecule has 0 spiro atoms. The molecule has 1 fully saturated rings. The predicted molar refractivity (Wildman–Crippen MR) is 132 cm³/mol. The molecule has 1 saturated heterocycles. The minimum atomic E-state index is 0. The maximum absolute atomic E-state index is 10.4. The number of nitrogens with zero attached hydrogens (tertiary/aromatic N) is 3. The predicted octanol–water partition coefficient (Wildman–Crippen LogP) is 3.49. The molecule has 0 amide bonds. The Morgan fingerprint density at radius 1 is 0.967 bits per heavy atom. The number of anilines is 1. The van der Waals surface area contributed by atoms with Gasteiger partial charge in [-0.3, -0.25) is 4.99 Å². The number of aliphatic imine (C=N–C) groups is 1. The van der Waals surface area contributed by atoms with E-state index in [1.807, 2.05) is 24.3 Å². The molecule has 6 nitrogen and oxygen atoms in total. The molecule has 4 rings (SSSR count). The average Bonchev–Trinajstić information content (AvgIpc) is 2.76. The lowest BCUT2D eigenvalue weighted by Crippen LogP contribution is -2.52. The quantitative estimate of drug-likeness (QED) is 0.327. The monoisotopic (exact) mass is 522 g/mol. The van der Waals surface area contributed by atoms with Gasteiger partial charge in [0.05, 0.1) is 5.69 Å². The molecule has 0 aromatic heterocycles. The summed E-state index contributed by atoms with van der Waals surface area (Å²) in [4.78, 5) is 8.91. The van der Waals surface area contributed by atoms with Crippen LogP contribution < -0.4 is 10.2 Å². The molecule has 3 N–H and O–H groups in total. The summed E-state index contributed by atoms with van der Waals surface area (Å²) >= 11 is 0. The summed E-state index contributed by atoms with van der Waals surface area (Å²) in [5, 5.41) is 24.0. The Labute approximate surface area is 195 Å². The number of hydrogen-bond donors (Lipinski definition) is 3. The van der Waals surface area contributed by atoms with Crippen molar-refractivity contribution in [1.29, 1.82) is 0 Å². The fourth-order valence-corrected chi connectivity index (χ4v) is 4.48. The fraction of sp³-hybridized carbons (Fsp3) is 0.435. The van der Waals surface area contributed by atoms with E-state index in [1.165, 1.54) is 24.0 Å². The average molecular weight is 522 g/mol. The van der Waals surface area contributed by atoms with Crippen LogP contribution in [0.1, 0.15) is 29.5 Å². The molecule has 0 radical (unpaired) electrons. The number of halogens is 1. The lowest BCUT2D eigenvalue weighted by Gasteiger charge is -2.38. The highest BCUT2D eigenvalue weighted by Crippen LogP contribution is 2.30. The third-order valence-corrected chi connectivity index (χ3v) is 6.06. The van der Waals surface area contributed by atoms with Crippen molar-refractivity contribution in [2.75, 3.05) is 38.1 Å². The van der Waals surface area contributed by atoms with Gasteiger partial charge in [0, 0.05) is 45.3 Å². The summed E-state index contributed by atoms with van der Waals surface area (Å²) in [6.45, 7) is 3.88. The van der Waals surface area contributed by atoms with Crippen LogP contribution in [0.25, 0.3) is 0 Å². The van der Waals surface area contributed by atoms with Gasteiger partial charge in [0.2, 0.25) is 0 Å². The van der Waals surface area contributed by atoms with E-state index >= 15 is 0 Å². The normalized spacial score (nSPS) is 16.6. The van der Waals surface area contributed by atoms with E-state index in [2.05, 4.69) is 26.2 Å². The number of hydrogen-bond acceptors (Lipinski definition) is 4. The molecule has 1 aliphatic carbocycles. The zero-order valence-electron chi connectivity index (χ0n) is 17.5. The molecular weight excluding hydrogens is 491 g/mol. The SMILES string of the molecule is CN=C(NCc1c(O)ccc2c1CCCC2)N1CCN(c2ccccc2O)CC1.I. The Balaban J connectivity index is 0.00000256. The second-order valence-electron chi connectivity index (χ2n) is 7.77. The molecule has 162 valence electrons. The highest BCUT2D eigenvalue weighted by Gasteiger charge is 2.22. The summed E-state index contributed by atoms with van der Waals surface area (Å²) in [5.41, 5.74) is 4.58. The van der Waals surface area contributed by atoms with Gasteiger partial charge in [0.25, 0.3) is 0 Å². The highest BCUT2D eigenvalue weighted by molar-refractivity contribution is 14.0. The van der Waals surface area contributed by atoms with E-state index in [1.54, 1.807) is 13.1 Å². The van der Waals surface area contributed by atoms with Gasteiger partial charge in [-0.2, -0.15) is 0 Å². The third-order valence-electron chi connectivity index (χ3n) is 6.06. The van der Waals surface area contributed by atoms with Crippen molar-refractivity contribution in [3.05, 3.63) is 53.1 Å². The van der Waals surface area contributed by atoms with Crippen LogP contribution in [0.4, 0.5) is 5.69 Å². The van der Waals surface area contributed by atoms with Crippen molar-refractivity contribution in [1.82, 2.24) is 10.2 Å². The topological polar surface area (TPSA) is 71.3 Å². The molecule has 0 unspecified atom stereocenters. The lowest BCUT2D eigenvalue weighted by atomic mass is 9.88. The molecule has 2 aromatic rings. The van der Waals surface area contributed by atoms with Gasteiger partial charge in [0.1, 0.15) is 11.5 Å². The van der Waals surface area contributed by atoms with Gasteiger partial charge in [-0.15, -0.1) is 24.0 Å². The second-order valence-corrected chi connectivity index (χ2v) is 7.77. The first kappa shape index (κ1) is 22.5. The van der Waals surface area contributed by atoms with Crippen molar-refractivity contribution in [2.45, 2.75) is 32.2 Å². The Morgan fingerprint density at radius 2 is 1.70 bits per heavy atom. The summed E-state index contributed by atoms with van der Waals surface area (Å²) in [6, 6.07) is 11.4. The molecule has 2 aromatic carbocycles. The lowest BCUT2D eigenvalue weighted by molar-refractivity contribution is 0.369. The largest absolute Gasteiger partial charge is 0.508 e. The Kier molecular flexibility index (Phi) is 7.69. The Hall–Kier alpha value is -2.16. The molecule has 2 aliphatic rings. The van der Waals surface area contributed by atoms with Crippen molar-refractivity contribution < 1.29 is 10.2 Å². The van der Waals surface area contributed by atoms with Crippen molar-refractivity contribution in [2.24, 2.45) is 4.99 Å².